The lowest BCUT2D eigenvalue weighted by Crippen LogP contribution is -2.17. The van der Waals surface area contributed by atoms with E-state index in [1.807, 2.05) is 0 Å². The van der Waals surface area contributed by atoms with Crippen molar-refractivity contribution in [1.29, 1.82) is 0 Å². The molecular weight excluding hydrogens is 482 g/mol. The Morgan fingerprint density at radius 3 is 2.35 bits per heavy atom. The molecular formula is C22H24FN4O5PS. The summed E-state index contributed by atoms with van der Waals surface area (Å²) in [5, 5.41) is 2.60. The molecule has 3 aromatic rings. The quantitative estimate of drug-likeness (QED) is 0.413. The maximum absolute atomic E-state index is 12.8. The van der Waals surface area contributed by atoms with Crippen molar-refractivity contribution in [3.8, 4) is 11.3 Å². The topological polar surface area (TPSA) is 141 Å². The van der Waals surface area contributed by atoms with Crippen LogP contribution in [0.1, 0.15) is 23.0 Å². The molecule has 0 bridgehead atoms. The number of alkyl halides is 1. The average Bonchev–Trinajstić information content (AvgIpc) is 2.84. The van der Waals surface area contributed by atoms with Gasteiger partial charge >= 0.3 is 0 Å². The van der Waals surface area contributed by atoms with Crippen LogP contribution in [0.25, 0.3) is 11.3 Å². The minimum Gasteiger partial charge on any atom is -0.382 e. The van der Waals surface area contributed by atoms with E-state index in [1.54, 1.807) is 31.2 Å². The minimum absolute atomic E-state index is 0.0470. The van der Waals surface area contributed by atoms with Gasteiger partial charge < -0.3 is 15.6 Å². The second-order valence-corrected chi connectivity index (χ2v) is 12.7. The van der Waals surface area contributed by atoms with Crippen molar-refractivity contribution in [1.82, 2.24) is 9.97 Å². The summed E-state index contributed by atoms with van der Waals surface area (Å²) < 4.78 is 55.2. The van der Waals surface area contributed by atoms with Gasteiger partial charge in [-0.1, -0.05) is 31.2 Å². The SMILES string of the molecule is CCP(=O)(CS(=O)(=O)c1ccc(NC(=O)c2nc(-c3ccc(CF)cc3)cnc2N)cc1)OC. The maximum Gasteiger partial charge on any atom is 0.278 e. The van der Waals surface area contributed by atoms with E-state index in [-0.39, 0.29) is 22.6 Å². The number of sulfone groups is 1. The first-order valence-corrected chi connectivity index (χ1v) is 13.8. The third-order valence-electron chi connectivity index (χ3n) is 5.07. The van der Waals surface area contributed by atoms with Gasteiger partial charge in [0, 0.05) is 24.5 Å². The van der Waals surface area contributed by atoms with E-state index in [9.17, 15) is 22.2 Å². The normalized spacial score (nSPS) is 13.3. The fourth-order valence-corrected chi connectivity index (χ4v) is 7.64. The number of nitrogens with two attached hydrogens (primary N) is 1. The van der Waals surface area contributed by atoms with Gasteiger partial charge in [-0.15, -0.1) is 0 Å². The standard InChI is InChI=1S/C22H24FN4O5PS/c1-3-33(29,32-2)14-34(30,31)18-10-8-17(9-11-18)26-22(28)20-21(24)25-13-19(27-20)16-6-4-15(12-23)5-7-16/h4-11,13H,3,12,14H2,1-2H3,(H2,24,25)(H,26,28). The third kappa shape index (κ3) is 5.85. The zero-order valence-corrected chi connectivity index (χ0v) is 20.3. The molecule has 2 aromatic carbocycles. The van der Waals surface area contributed by atoms with Gasteiger partial charge in [0.05, 0.1) is 16.8 Å². The van der Waals surface area contributed by atoms with Crippen molar-refractivity contribution in [2.45, 2.75) is 18.5 Å². The van der Waals surface area contributed by atoms with Crippen LogP contribution in [0.15, 0.2) is 59.6 Å². The Kier molecular flexibility index (Phi) is 7.81. The largest absolute Gasteiger partial charge is 0.382 e. The summed E-state index contributed by atoms with van der Waals surface area (Å²) in [7, 11) is -5.92. The minimum atomic E-state index is -3.85. The van der Waals surface area contributed by atoms with Crippen molar-refractivity contribution in [2.75, 3.05) is 29.8 Å². The Hall–Kier alpha value is -3.14. The molecule has 3 rings (SSSR count). The highest BCUT2D eigenvalue weighted by molar-refractivity contribution is 7.98. The molecule has 0 aliphatic carbocycles. The number of rotatable bonds is 9. The van der Waals surface area contributed by atoms with E-state index in [0.717, 1.165) is 0 Å². The monoisotopic (exact) mass is 506 g/mol. The number of aromatic nitrogens is 2. The van der Waals surface area contributed by atoms with Crippen molar-refractivity contribution >= 4 is 34.6 Å². The zero-order valence-electron chi connectivity index (χ0n) is 18.6. The number of anilines is 2. The molecule has 1 heterocycles. The van der Waals surface area contributed by atoms with Crippen LogP contribution >= 0.6 is 7.37 Å². The summed E-state index contributed by atoms with van der Waals surface area (Å²) in [4.78, 5) is 21.0. The van der Waals surface area contributed by atoms with Crippen LogP contribution in [0.3, 0.4) is 0 Å². The Morgan fingerprint density at radius 1 is 1.15 bits per heavy atom. The summed E-state index contributed by atoms with van der Waals surface area (Å²) in [5.41, 5.74) is 6.93. The van der Waals surface area contributed by atoms with E-state index < -0.39 is 35.3 Å². The van der Waals surface area contributed by atoms with Crippen LogP contribution in [-0.4, -0.2) is 43.1 Å². The summed E-state index contributed by atoms with van der Waals surface area (Å²) in [6.45, 7) is 1.01. The smallest absolute Gasteiger partial charge is 0.278 e. The van der Waals surface area contributed by atoms with Crippen LogP contribution in [0.5, 0.6) is 0 Å². The van der Waals surface area contributed by atoms with Gasteiger partial charge in [0.15, 0.2) is 21.3 Å². The molecule has 0 fully saturated rings. The first-order chi connectivity index (χ1) is 16.1. The van der Waals surface area contributed by atoms with Crippen molar-refractivity contribution in [3.05, 3.63) is 66.0 Å². The molecule has 0 saturated heterocycles. The molecule has 1 unspecified atom stereocenters. The third-order valence-corrected chi connectivity index (χ3v) is 10.6. The molecule has 0 saturated carbocycles. The van der Waals surface area contributed by atoms with Crippen LogP contribution in [0.4, 0.5) is 15.9 Å². The maximum atomic E-state index is 12.8. The van der Waals surface area contributed by atoms with Crippen LogP contribution in [-0.2, 0) is 25.6 Å². The summed E-state index contributed by atoms with van der Waals surface area (Å²) >= 11 is 0. The van der Waals surface area contributed by atoms with Gasteiger partial charge in [-0.2, -0.15) is 0 Å². The molecule has 12 heteroatoms. The molecule has 0 radical (unpaired) electrons. The van der Waals surface area contributed by atoms with Crippen LogP contribution in [0, 0.1) is 0 Å². The molecule has 0 spiro atoms. The highest BCUT2D eigenvalue weighted by Crippen LogP contribution is 2.47. The van der Waals surface area contributed by atoms with Crippen molar-refractivity contribution in [2.24, 2.45) is 0 Å². The molecule has 0 aliphatic heterocycles. The molecule has 34 heavy (non-hydrogen) atoms. The zero-order chi connectivity index (χ0) is 24.9. The Labute approximate surface area is 197 Å². The molecule has 180 valence electrons. The number of carbonyl (C=O) groups excluding carboxylic acids is 1. The number of hydrogen-bond acceptors (Lipinski definition) is 8. The fraction of sp³-hybridized carbons (Fsp3) is 0.227. The Bertz CT molecular complexity index is 1320. The second-order valence-electron chi connectivity index (χ2n) is 7.36. The van der Waals surface area contributed by atoms with E-state index >= 15 is 0 Å². The van der Waals surface area contributed by atoms with Gasteiger partial charge in [0.25, 0.3) is 5.91 Å². The van der Waals surface area contributed by atoms with Gasteiger partial charge in [-0.25, -0.2) is 22.8 Å². The molecule has 3 N–H and O–H groups in total. The Balaban J connectivity index is 1.79. The summed E-state index contributed by atoms with van der Waals surface area (Å²) in [6, 6.07) is 11.9. The van der Waals surface area contributed by atoms with Crippen LogP contribution in [0.2, 0.25) is 0 Å². The van der Waals surface area contributed by atoms with Gasteiger partial charge in [-0.3, -0.25) is 9.36 Å². The Morgan fingerprint density at radius 2 is 1.79 bits per heavy atom. The lowest BCUT2D eigenvalue weighted by atomic mass is 10.1. The van der Waals surface area contributed by atoms with E-state index in [4.69, 9.17) is 10.3 Å². The number of carbonyl (C=O) groups is 1. The highest BCUT2D eigenvalue weighted by atomic mass is 32.2. The van der Waals surface area contributed by atoms with Gasteiger partial charge in [-0.05, 0) is 29.8 Å². The number of halogens is 1. The van der Waals surface area contributed by atoms with Gasteiger partial charge in [0.1, 0.15) is 12.2 Å². The number of hydrogen-bond donors (Lipinski definition) is 2. The van der Waals surface area contributed by atoms with Gasteiger partial charge in [0.2, 0.25) is 7.37 Å². The first-order valence-electron chi connectivity index (χ1n) is 10.2. The second kappa shape index (κ2) is 10.4. The predicted molar refractivity (Wildman–Crippen MR) is 128 cm³/mol. The van der Waals surface area contributed by atoms with Crippen molar-refractivity contribution in [3.63, 3.8) is 0 Å². The lowest BCUT2D eigenvalue weighted by molar-refractivity contribution is 0.102. The van der Waals surface area contributed by atoms with Crippen LogP contribution < -0.4 is 11.1 Å². The molecule has 1 aromatic heterocycles. The number of nitrogen functional groups attached to an aromatic ring is 1. The fourth-order valence-electron chi connectivity index (χ4n) is 3.01. The molecule has 9 nitrogen and oxygen atoms in total. The average molecular weight is 506 g/mol. The highest BCUT2D eigenvalue weighted by Gasteiger charge is 2.29. The first kappa shape index (κ1) is 25.5. The van der Waals surface area contributed by atoms with E-state index in [2.05, 4.69) is 15.3 Å². The van der Waals surface area contributed by atoms with Crippen molar-refractivity contribution < 1.29 is 26.7 Å². The van der Waals surface area contributed by atoms with E-state index in [1.165, 1.54) is 37.6 Å². The predicted octanol–water partition coefficient (Wildman–Crippen LogP) is 4.12. The number of nitrogens with one attached hydrogen (secondary N) is 1. The molecule has 1 amide bonds. The number of nitrogens with zero attached hydrogens (tertiary/aromatic N) is 2. The van der Waals surface area contributed by atoms with E-state index in [0.29, 0.717) is 22.5 Å². The number of benzene rings is 2. The summed E-state index contributed by atoms with van der Waals surface area (Å²) in [6.07, 6.45) is 1.50. The molecule has 1 atom stereocenters. The molecule has 0 aliphatic rings. The lowest BCUT2D eigenvalue weighted by Gasteiger charge is -2.14. The number of amides is 1. The summed E-state index contributed by atoms with van der Waals surface area (Å²) in [5.74, 6) is -0.728.